The fraction of sp³-hybridized carbons (Fsp3) is 0.500. The largest absolute Gasteiger partial charge is 0.379 e. The molecule has 0 saturated carbocycles. The number of hydrogen-bond acceptors (Lipinski definition) is 3. The Morgan fingerprint density at radius 3 is 2.74 bits per heavy atom. The zero-order chi connectivity index (χ0) is 13.8. The van der Waals surface area contributed by atoms with Crippen LogP contribution >= 0.6 is 0 Å². The van der Waals surface area contributed by atoms with Crippen molar-refractivity contribution in [1.29, 1.82) is 0 Å². The Labute approximate surface area is 112 Å². The number of carbonyl (C=O) groups excluding carboxylic acids is 1. The lowest BCUT2D eigenvalue weighted by atomic mass is 10.0. The maximum Gasteiger partial charge on any atom is 0.229 e. The van der Waals surface area contributed by atoms with Gasteiger partial charge < -0.3 is 15.0 Å². The first kappa shape index (κ1) is 14.0. The molecule has 1 aliphatic heterocycles. The number of hydrogen-bond donors (Lipinski definition) is 1. The van der Waals surface area contributed by atoms with Crippen LogP contribution in [0.1, 0.15) is 5.56 Å². The molecule has 104 valence electrons. The zero-order valence-electron chi connectivity index (χ0n) is 11.2. The predicted octanol–water partition coefficient (Wildman–Crippen LogP) is 1.02. The number of rotatable bonds is 4. The van der Waals surface area contributed by atoms with Crippen molar-refractivity contribution in [2.24, 2.45) is 5.92 Å². The molecule has 0 radical (unpaired) electrons. The van der Waals surface area contributed by atoms with E-state index >= 15 is 0 Å². The second-order valence-electron chi connectivity index (χ2n) is 4.86. The third-order valence-electron chi connectivity index (χ3n) is 3.48. The fourth-order valence-corrected chi connectivity index (χ4v) is 2.31. The van der Waals surface area contributed by atoms with E-state index in [0.29, 0.717) is 19.8 Å². The van der Waals surface area contributed by atoms with Crippen LogP contribution in [0.15, 0.2) is 24.3 Å². The summed E-state index contributed by atoms with van der Waals surface area (Å²) in [7, 11) is 3.59. The molecule has 2 unspecified atom stereocenters. The minimum absolute atomic E-state index is 0.0566. The summed E-state index contributed by atoms with van der Waals surface area (Å²) in [5.41, 5.74) is 0.914. The molecule has 1 fully saturated rings. The molecule has 4 nitrogen and oxygen atoms in total. The molecule has 19 heavy (non-hydrogen) atoms. The van der Waals surface area contributed by atoms with Crippen molar-refractivity contribution >= 4 is 5.91 Å². The van der Waals surface area contributed by atoms with Gasteiger partial charge in [-0.15, -0.1) is 0 Å². The van der Waals surface area contributed by atoms with Crippen molar-refractivity contribution in [3.05, 3.63) is 35.6 Å². The molecular weight excluding hydrogens is 247 g/mol. The molecule has 1 aromatic rings. The van der Waals surface area contributed by atoms with Gasteiger partial charge in [-0.1, -0.05) is 12.1 Å². The second-order valence-corrected chi connectivity index (χ2v) is 4.86. The maximum absolute atomic E-state index is 12.8. The molecular formula is C14H19FN2O2. The minimum atomic E-state index is -0.267. The van der Waals surface area contributed by atoms with Gasteiger partial charge in [-0.3, -0.25) is 4.79 Å². The Kier molecular flexibility index (Phi) is 4.50. The second kappa shape index (κ2) is 6.12. The van der Waals surface area contributed by atoms with Gasteiger partial charge in [0.05, 0.1) is 19.1 Å². The molecule has 0 spiro atoms. The van der Waals surface area contributed by atoms with Crippen molar-refractivity contribution in [3.63, 3.8) is 0 Å². The molecule has 1 aromatic carbocycles. The number of amides is 1. The number of nitrogens with one attached hydrogen (secondary N) is 1. The van der Waals surface area contributed by atoms with E-state index in [1.54, 1.807) is 24.1 Å². The number of carbonyl (C=O) groups is 1. The lowest BCUT2D eigenvalue weighted by molar-refractivity contribution is -0.135. The van der Waals surface area contributed by atoms with Crippen molar-refractivity contribution in [2.75, 3.05) is 27.3 Å². The molecule has 1 amide bonds. The Morgan fingerprint density at radius 1 is 1.42 bits per heavy atom. The third-order valence-corrected chi connectivity index (χ3v) is 3.48. The molecule has 1 heterocycles. The highest BCUT2D eigenvalue weighted by atomic mass is 19.1. The quantitative estimate of drug-likeness (QED) is 0.884. The highest BCUT2D eigenvalue weighted by Crippen LogP contribution is 2.17. The van der Waals surface area contributed by atoms with E-state index in [0.717, 1.165) is 5.56 Å². The highest BCUT2D eigenvalue weighted by molar-refractivity contribution is 5.79. The summed E-state index contributed by atoms with van der Waals surface area (Å²) < 4.78 is 18.2. The first-order valence-electron chi connectivity index (χ1n) is 6.36. The standard InChI is InChI=1S/C14H19FN2O2/c1-16-13-9-19-8-12(13)14(18)17(2)7-10-3-5-11(15)6-4-10/h3-6,12-13,16H,7-9H2,1-2H3. The van der Waals surface area contributed by atoms with Gasteiger partial charge in [-0.25, -0.2) is 4.39 Å². The van der Waals surface area contributed by atoms with Crippen LogP contribution in [0.3, 0.4) is 0 Å². The van der Waals surface area contributed by atoms with Gasteiger partial charge in [0.15, 0.2) is 0 Å². The molecule has 1 aliphatic rings. The summed E-state index contributed by atoms with van der Waals surface area (Å²) in [5, 5.41) is 3.10. The number of halogens is 1. The van der Waals surface area contributed by atoms with Gasteiger partial charge >= 0.3 is 0 Å². The molecule has 5 heteroatoms. The summed E-state index contributed by atoms with van der Waals surface area (Å²) in [5.74, 6) is -0.353. The van der Waals surface area contributed by atoms with E-state index in [1.807, 2.05) is 7.05 Å². The lowest BCUT2D eigenvalue weighted by Gasteiger charge is -2.23. The smallest absolute Gasteiger partial charge is 0.229 e. The molecule has 0 aromatic heterocycles. The Bertz CT molecular complexity index is 436. The van der Waals surface area contributed by atoms with Crippen LogP contribution < -0.4 is 5.32 Å². The zero-order valence-corrected chi connectivity index (χ0v) is 11.2. The fourth-order valence-electron chi connectivity index (χ4n) is 2.31. The van der Waals surface area contributed by atoms with Crippen molar-refractivity contribution in [2.45, 2.75) is 12.6 Å². The predicted molar refractivity (Wildman–Crippen MR) is 70.0 cm³/mol. The number of nitrogens with zero attached hydrogens (tertiary/aromatic N) is 1. The average molecular weight is 266 g/mol. The first-order valence-corrected chi connectivity index (χ1v) is 6.36. The van der Waals surface area contributed by atoms with Crippen molar-refractivity contribution in [1.82, 2.24) is 10.2 Å². The van der Waals surface area contributed by atoms with Gasteiger partial charge in [0.1, 0.15) is 5.82 Å². The number of likely N-dealkylation sites (N-methyl/N-ethyl adjacent to an activating group) is 1. The van der Waals surface area contributed by atoms with Gasteiger partial charge in [0.2, 0.25) is 5.91 Å². The van der Waals surface area contributed by atoms with E-state index in [9.17, 15) is 9.18 Å². The van der Waals surface area contributed by atoms with Crippen LogP contribution in [0.5, 0.6) is 0 Å². The van der Waals surface area contributed by atoms with Crippen LogP contribution in [0.2, 0.25) is 0 Å². The van der Waals surface area contributed by atoms with E-state index in [-0.39, 0.29) is 23.7 Å². The lowest BCUT2D eigenvalue weighted by Crippen LogP contribution is -2.43. The van der Waals surface area contributed by atoms with Gasteiger partial charge in [-0.05, 0) is 24.7 Å². The summed E-state index contributed by atoms with van der Waals surface area (Å²) in [6, 6.07) is 6.27. The summed E-state index contributed by atoms with van der Waals surface area (Å²) in [6.07, 6.45) is 0. The van der Waals surface area contributed by atoms with Crippen LogP contribution in [0.4, 0.5) is 4.39 Å². The molecule has 2 atom stereocenters. The summed E-state index contributed by atoms with van der Waals surface area (Å²) in [6.45, 7) is 1.50. The van der Waals surface area contributed by atoms with Crippen LogP contribution in [-0.4, -0.2) is 44.2 Å². The molecule has 2 rings (SSSR count). The van der Waals surface area contributed by atoms with Crippen molar-refractivity contribution in [3.8, 4) is 0 Å². The van der Waals surface area contributed by atoms with Gasteiger partial charge in [-0.2, -0.15) is 0 Å². The van der Waals surface area contributed by atoms with Gasteiger partial charge in [0.25, 0.3) is 0 Å². The topological polar surface area (TPSA) is 41.6 Å². The van der Waals surface area contributed by atoms with Crippen molar-refractivity contribution < 1.29 is 13.9 Å². The molecule has 0 aliphatic carbocycles. The Hall–Kier alpha value is -1.46. The Morgan fingerprint density at radius 2 is 2.11 bits per heavy atom. The Balaban J connectivity index is 1.97. The van der Waals surface area contributed by atoms with Crippen LogP contribution in [0.25, 0.3) is 0 Å². The van der Waals surface area contributed by atoms with Crippen LogP contribution in [0, 0.1) is 11.7 Å². The third kappa shape index (κ3) is 3.30. The van der Waals surface area contributed by atoms with E-state index in [4.69, 9.17) is 4.74 Å². The summed E-state index contributed by atoms with van der Waals surface area (Å²) in [4.78, 5) is 14.0. The molecule has 1 saturated heterocycles. The maximum atomic E-state index is 12.8. The van der Waals surface area contributed by atoms with E-state index in [1.165, 1.54) is 12.1 Å². The molecule has 1 N–H and O–H groups in total. The SMILES string of the molecule is CNC1COCC1C(=O)N(C)Cc1ccc(F)cc1. The van der Waals surface area contributed by atoms with E-state index in [2.05, 4.69) is 5.32 Å². The van der Waals surface area contributed by atoms with Gasteiger partial charge in [0, 0.05) is 19.6 Å². The number of benzene rings is 1. The molecule has 0 bridgehead atoms. The highest BCUT2D eigenvalue weighted by Gasteiger charge is 2.34. The first-order chi connectivity index (χ1) is 9.11. The monoisotopic (exact) mass is 266 g/mol. The minimum Gasteiger partial charge on any atom is -0.379 e. The normalized spacial score (nSPS) is 22.5. The number of ether oxygens (including phenoxy) is 1. The van der Waals surface area contributed by atoms with Crippen LogP contribution in [-0.2, 0) is 16.1 Å². The van der Waals surface area contributed by atoms with E-state index < -0.39 is 0 Å². The summed E-state index contributed by atoms with van der Waals surface area (Å²) >= 11 is 0. The average Bonchev–Trinajstić information content (AvgIpc) is 2.88.